The number of amides is 1. The van der Waals surface area contributed by atoms with Gasteiger partial charge in [-0.1, -0.05) is 0 Å². The predicted octanol–water partition coefficient (Wildman–Crippen LogP) is 0.279. The van der Waals surface area contributed by atoms with E-state index in [9.17, 15) is 14.0 Å². The van der Waals surface area contributed by atoms with Crippen molar-refractivity contribution >= 4 is 11.9 Å². The van der Waals surface area contributed by atoms with Crippen molar-refractivity contribution in [2.45, 2.75) is 13.3 Å². The van der Waals surface area contributed by atoms with Crippen LogP contribution in [0.3, 0.4) is 0 Å². The van der Waals surface area contributed by atoms with Crippen LogP contribution in [0.15, 0.2) is 0 Å². The molecule has 1 N–H and O–H groups in total. The fourth-order valence-electron chi connectivity index (χ4n) is 1.48. The van der Waals surface area contributed by atoms with E-state index in [-0.39, 0.29) is 18.9 Å². The van der Waals surface area contributed by atoms with Crippen LogP contribution in [0, 0.1) is 5.41 Å². The number of halogens is 1. The first kappa shape index (κ1) is 9.95. The van der Waals surface area contributed by atoms with Crippen LogP contribution in [0.1, 0.15) is 13.3 Å². The summed E-state index contributed by atoms with van der Waals surface area (Å²) < 4.78 is 12.5. The average Bonchev–Trinajstić information content (AvgIpc) is 2.49. The first-order valence-corrected chi connectivity index (χ1v) is 4.07. The van der Waals surface area contributed by atoms with E-state index < -0.39 is 18.1 Å². The number of rotatable bonds is 2. The molecule has 1 heterocycles. The lowest BCUT2D eigenvalue weighted by atomic mass is 9.89. The SMILES string of the molecule is CC(=O)N1CCC(CF)(C(=O)O)C1. The molecule has 74 valence electrons. The van der Waals surface area contributed by atoms with Gasteiger partial charge in [0.25, 0.3) is 0 Å². The Labute approximate surface area is 75.3 Å². The molecule has 1 rings (SSSR count). The van der Waals surface area contributed by atoms with Crippen molar-refractivity contribution in [3.63, 3.8) is 0 Å². The molecule has 0 aromatic carbocycles. The van der Waals surface area contributed by atoms with Crippen molar-refractivity contribution in [2.75, 3.05) is 19.8 Å². The van der Waals surface area contributed by atoms with Crippen LogP contribution in [0.4, 0.5) is 4.39 Å². The highest BCUT2D eigenvalue weighted by atomic mass is 19.1. The molecule has 5 heteroatoms. The maximum absolute atomic E-state index is 12.5. The maximum atomic E-state index is 12.5. The summed E-state index contributed by atoms with van der Waals surface area (Å²) in [6, 6.07) is 0. The standard InChI is InChI=1S/C8H12FNO3/c1-6(11)10-3-2-8(4-9,5-10)7(12)13/h2-5H2,1H3,(H,12,13). The van der Waals surface area contributed by atoms with E-state index in [4.69, 9.17) is 5.11 Å². The van der Waals surface area contributed by atoms with Gasteiger partial charge >= 0.3 is 5.97 Å². The number of hydrogen-bond acceptors (Lipinski definition) is 2. The highest BCUT2D eigenvalue weighted by Crippen LogP contribution is 2.31. The van der Waals surface area contributed by atoms with Crippen molar-refractivity contribution in [3.05, 3.63) is 0 Å². The molecule has 1 saturated heterocycles. The lowest BCUT2D eigenvalue weighted by Crippen LogP contribution is -2.37. The summed E-state index contributed by atoms with van der Waals surface area (Å²) in [6.07, 6.45) is 0.207. The minimum absolute atomic E-state index is 0.00579. The van der Waals surface area contributed by atoms with E-state index in [2.05, 4.69) is 0 Å². The Balaban J connectivity index is 2.74. The molecular formula is C8H12FNO3. The fourth-order valence-corrected chi connectivity index (χ4v) is 1.48. The zero-order valence-corrected chi connectivity index (χ0v) is 7.42. The molecule has 1 atom stereocenters. The summed E-state index contributed by atoms with van der Waals surface area (Å²) >= 11 is 0. The van der Waals surface area contributed by atoms with Gasteiger partial charge in [0.05, 0.1) is 0 Å². The average molecular weight is 189 g/mol. The molecule has 13 heavy (non-hydrogen) atoms. The van der Waals surface area contributed by atoms with Crippen LogP contribution in [0.2, 0.25) is 0 Å². The third-order valence-electron chi connectivity index (χ3n) is 2.51. The van der Waals surface area contributed by atoms with E-state index in [0.717, 1.165) is 0 Å². The summed E-state index contributed by atoms with van der Waals surface area (Å²) in [7, 11) is 0. The second kappa shape index (κ2) is 3.32. The van der Waals surface area contributed by atoms with E-state index in [0.29, 0.717) is 6.54 Å². The minimum Gasteiger partial charge on any atom is -0.481 e. The Bertz CT molecular complexity index is 244. The van der Waals surface area contributed by atoms with Crippen LogP contribution in [-0.2, 0) is 9.59 Å². The van der Waals surface area contributed by atoms with Gasteiger partial charge in [-0.2, -0.15) is 0 Å². The van der Waals surface area contributed by atoms with Gasteiger partial charge in [-0.3, -0.25) is 9.59 Å². The van der Waals surface area contributed by atoms with E-state index in [1.54, 1.807) is 0 Å². The fraction of sp³-hybridized carbons (Fsp3) is 0.750. The Morgan fingerprint density at radius 3 is 2.46 bits per heavy atom. The molecule has 1 aliphatic rings. The van der Waals surface area contributed by atoms with Gasteiger partial charge in [-0.05, 0) is 6.42 Å². The summed E-state index contributed by atoms with van der Waals surface area (Å²) in [5.74, 6) is -1.35. The molecule has 0 aliphatic carbocycles. The third-order valence-corrected chi connectivity index (χ3v) is 2.51. The summed E-state index contributed by atoms with van der Waals surface area (Å²) in [4.78, 5) is 23.0. The first-order valence-electron chi connectivity index (χ1n) is 4.07. The molecule has 1 aliphatic heterocycles. The van der Waals surface area contributed by atoms with Crippen LogP contribution in [0.5, 0.6) is 0 Å². The molecule has 1 fully saturated rings. The molecule has 0 bridgehead atoms. The molecule has 0 aromatic heterocycles. The highest BCUT2D eigenvalue weighted by Gasteiger charge is 2.45. The molecule has 0 saturated carbocycles. The molecule has 1 unspecified atom stereocenters. The number of carbonyl (C=O) groups is 2. The zero-order chi connectivity index (χ0) is 10.1. The number of hydrogen-bond donors (Lipinski definition) is 1. The molecule has 0 spiro atoms. The van der Waals surface area contributed by atoms with Crippen molar-refractivity contribution in [1.82, 2.24) is 4.90 Å². The number of alkyl halides is 1. The van der Waals surface area contributed by atoms with Gasteiger partial charge < -0.3 is 10.0 Å². The second-order valence-electron chi connectivity index (χ2n) is 3.41. The van der Waals surface area contributed by atoms with Crippen LogP contribution < -0.4 is 0 Å². The normalized spacial score (nSPS) is 27.7. The Kier molecular flexibility index (Phi) is 2.54. The van der Waals surface area contributed by atoms with Gasteiger partial charge in [0.2, 0.25) is 5.91 Å². The number of nitrogens with zero attached hydrogens (tertiary/aromatic N) is 1. The Morgan fingerprint density at radius 2 is 2.23 bits per heavy atom. The monoisotopic (exact) mass is 189 g/mol. The molecule has 4 nitrogen and oxygen atoms in total. The van der Waals surface area contributed by atoms with E-state index >= 15 is 0 Å². The van der Waals surface area contributed by atoms with Crippen molar-refractivity contribution in [3.8, 4) is 0 Å². The number of carboxylic acid groups (broad SMARTS) is 1. The molecule has 0 aromatic rings. The quantitative estimate of drug-likeness (QED) is 0.678. The topological polar surface area (TPSA) is 57.6 Å². The minimum atomic E-state index is -1.36. The second-order valence-corrected chi connectivity index (χ2v) is 3.41. The number of likely N-dealkylation sites (tertiary alicyclic amines) is 1. The van der Waals surface area contributed by atoms with Crippen molar-refractivity contribution in [1.29, 1.82) is 0 Å². The summed E-state index contributed by atoms with van der Waals surface area (Å²) in [5, 5.41) is 8.79. The van der Waals surface area contributed by atoms with Crippen LogP contribution >= 0.6 is 0 Å². The van der Waals surface area contributed by atoms with Crippen LogP contribution in [-0.4, -0.2) is 41.6 Å². The first-order chi connectivity index (χ1) is 6.02. The number of carbonyl (C=O) groups excluding carboxylic acids is 1. The van der Waals surface area contributed by atoms with Gasteiger partial charge in [-0.25, -0.2) is 4.39 Å². The summed E-state index contributed by atoms with van der Waals surface area (Å²) in [6.45, 7) is 0.780. The predicted molar refractivity (Wildman–Crippen MR) is 42.9 cm³/mol. The lowest BCUT2D eigenvalue weighted by molar-refractivity contribution is -0.149. The Hall–Kier alpha value is -1.13. The number of carboxylic acids is 1. The molecule has 0 radical (unpaired) electrons. The Morgan fingerprint density at radius 1 is 1.62 bits per heavy atom. The number of aliphatic carboxylic acids is 1. The highest BCUT2D eigenvalue weighted by molar-refractivity contribution is 5.79. The van der Waals surface area contributed by atoms with Gasteiger partial charge in [0, 0.05) is 20.0 Å². The van der Waals surface area contributed by atoms with Gasteiger partial charge in [0.1, 0.15) is 12.1 Å². The van der Waals surface area contributed by atoms with Crippen molar-refractivity contribution < 1.29 is 19.1 Å². The summed E-state index contributed by atoms with van der Waals surface area (Å²) in [5.41, 5.74) is -1.36. The van der Waals surface area contributed by atoms with Crippen LogP contribution in [0.25, 0.3) is 0 Å². The third kappa shape index (κ3) is 1.64. The van der Waals surface area contributed by atoms with Gasteiger partial charge in [0.15, 0.2) is 0 Å². The largest absolute Gasteiger partial charge is 0.481 e. The molecule has 1 amide bonds. The zero-order valence-electron chi connectivity index (χ0n) is 7.42. The maximum Gasteiger partial charge on any atom is 0.314 e. The van der Waals surface area contributed by atoms with E-state index in [1.165, 1.54) is 11.8 Å². The van der Waals surface area contributed by atoms with Gasteiger partial charge in [-0.15, -0.1) is 0 Å². The van der Waals surface area contributed by atoms with E-state index in [1.807, 2.05) is 0 Å². The lowest BCUT2D eigenvalue weighted by Gasteiger charge is -2.20. The molecular weight excluding hydrogens is 177 g/mol. The smallest absolute Gasteiger partial charge is 0.314 e. The van der Waals surface area contributed by atoms with Crippen molar-refractivity contribution in [2.24, 2.45) is 5.41 Å².